The van der Waals surface area contributed by atoms with Crippen LogP contribution < -0.4 is 4.90 Å². The van der Waals surface area contributed by atoms with E-state index in [1.165, 1.54) is 6.20 Å². The fourth-order valence-electron chi connectivity index (χ4n) is 2.49. The molecule has 110 valence electrons. The maximum atomic E-state index is 12.6. The van der Waals surface area contributed by atoms with Crippen molar-refractivity contribution in [2.45, 2.75) is 18.1 Å². The predicted molar refractivity (Wildman–Crippen MR) is 80.2 cm³/mol. The highest BCUT2D eigenvalue weighted by Gasteiger charge is 2.32. The summed E-state index contributed by atoms with van der Waals surface area (Å²) in [6.07, 6.45) is 1.93. The number of carbonyl (C=O) groups excluding carboxylic acids is 1. The van der Waals surface area contributed by atoms with E-state index in [1.54, 1.807) is 39.7 Å². The molecule has 2 aromatic rings. The average molecular weight is 304 g/mol. The van der Waals surface area contributed by atoms with Crippen LogP contribution in [0.15, 0.2) is 29.6 Å². The van der Waals surface area contributed by atoms with Crippen LogP contribution in [0.2, 0.25) is 0 Å². The number of amides is 1. The summed E-state index contributed by atoms with van der Waals surface area (Å²) in [5, 5.41) is 15.6. The van der Waals surface area contributed by atoms with Crippen LogP contribution in [0, 0.1) is 6.92 Å². The summed E-state index contributed by atoms with van der Waals surface area (Å²) < 4.78 is 1.78. The van der Waals surface area contributed by atoms with Crippen LogP contribution in [0.1, 0.15) is 17.4 Å². The second-order valence-electron chi connectivity index (χ2n) is 4.89. The maximum absolute atomic E-state index is 12.6. The average Bonchev–Trinajstić information content (AvgIpc) is 2.82. The Morgan fingerprint density at radius 1 is 1.52 bits per heavy atom. The molecule has 1 N–H and O–H groups in total. The molecule has 3 heterocycles. The second kappa shape index (κ2) is 5.50. The van der Waals surface area contributed by atoms with Gasteiger partial charge in [0.15, 0.2) is 6.10 Å². The topological polar surface area (TPSA) is 71.2 Å². The first-order valence-corrected chi connectivity index (χ1v) is 7.64. The minimum absolute atomic E-state index is 0.333. The number of aliphatic hydroxyl groups excluding tert-OH is 1. The Bertz CT molecular complexity index is 671. The van der Waals surface area contributed by atoms with Crippen molar-refractivity contribution in [2.75, 3.05) is 17.2 Å². The Morgan fingerprint density at radius 3 is 3.05 bits per heavy atom. The van der Waals surface area contributed by atoms with Gasteiger partial charge in [-0.05, 0) is 13.0 Å². The van der Waals surface area contributed by atoms with Crippen molar-refractivity contribution in [2.24, 2.45) is 7.05 Å². The minimum Gasteiger partial charge on any atom is -0.378 e. The molecular formula is C14H16N4O2S. The lowest BCUT2D eigenvalue weighted by Crippen LogP contribution is -2.39. The van der Waals surface area contributed by atoms with Crippen molar-refractivity contribution in [3.05, 3.63) is 35.8 Å². The number of carbonyl (C=O) groups is 1. The molecule has 3 rings (SSSR count). The van der Waals surface area contributed by atoms with Crippen LogP contribution in [0.5, 0.6) is 0 Å². The summed E-state index contributed by atoms with van der Waals surface area (Å²) in [7, 11) is 1.87. The zero-order valence-corrected chi connectivity index (χ0v) is 12.7. The highest BCUT2D eigenvalue weighted by atomic mass is 32.2. The summed E-state index contributed by atoms with van der Waals surface area (Å²) in [5.74, 6) is 0.456. The fourth-order valence-corrected chi connectivity index (χ4v) is 3.58. The van der Waals surface area contributed by atoms with Gasteiger partial charge in [-0.25, -0.2) is 0 Å². The first-order valence-electron chi connectivity index (χ1n) is 6.65. The molecular weight excluding hydrogens is 288 g/mol. The molecule has 6 nitrogen and oxygen atoms in total. The molecule has 0 saturated carbocycles. The monoisotopic (exact) mass is 304 g/mol. The molecule has 0 fully saturated rings. The first kappa shape index (κ1) is 14.1. The van der Waals surface area contributed by atoms with E-state index < -0.39 is 6.10 Å². The van der Waals surface area contributed by atoms with E-state index in [0.717, 1.165) is 22.2 Å². The zero-order valence-electron chi connectivity index (χ0n) is 11.9. The van der Waals surface area contributed by atoms with Gasteiger partial charge >= 0.3 is 0 Å². The number of aliphatic hydroxyl groups is 1. The molecule has 1 amide bonds. The van der Waals surface area contributed by atoms with Gasteiger partial charge in [0.1, 0.15) is 5.03 Å². The Morgan fingerprint density at radius 2 is 2.33 bits per heavy atom. The van der Waals surface area contributed by atoms with Gasteiger partial charge in [-0.3, -0.25) is 14.5 Å². The molecule has 0 aliphatic carbocycles. The summed E-state index contributed by atoms with van der Waals surface area (Å²) in [5.41, 5.74) is 2.11. The Balaban J connectivity index is 1.94. The Labute approximate surface area is 126 Å². The van der Waals surface area contributed by atoms with E-state index in [0.29, 0.717) is 12.1 Å². The van der Waals surface area contributed by atoms with Gasteiger partial charge < -0.3 is 10.0 Å². The van der Waals surface area contributed by atoms with Crippen molar-refractivity contribution in [1.82, 2.24) is 14.8 Å². The lowest BCUT2D eigenvalue weighted by atomic mass is 10.1. The Kier molecular flexibility index (Phi) is 3.69. The quantitative estimate of drug-likeness (QED) is 0.905. The molecule has 1 atom stereocenters. The molecule has 0 saturated heterocycles. The van der Waals surface area contributed by atoms with Crippen molar-refractivity contribution >= 4 is 23.4 Å². The van der Waals surface area contributed by atoms with Crippen molar-refractivity contribution in [3.63, 3.8) is 0 Å². The lowest BCUT2D eigenvalue weighted by Gasteiger charge is -2.29. The highest BCUT2D eigenvalue weighted by molar-refractivity contribution is 7.99. The largest absolute Gasteiger partial charge is 0.378 e. The van der Waals surface area contributed by atoms with Gasteiger partial charge in [0, 0.05) is 37.3 Å². The van der Waals surface area contributed by atoms with Crippen LogP contribution in [-0.2, 0) is 11.8 Å². The van der Waals surface area contributed by atoms with Gasteiger partial charge in [0.25, 0.3) is 5.91 Å². The van der Waals surface area contributed by atoms with Gasteiger partial charge in [-0.1, -0.05) is 6.07 Å². The first-order chi connectivity index (χ1) is 10.1. The molecule has 21 heavy (non-hydrogen) atoms. The summed E-state index contributed by atoms with van der Waals surface area (Å²) in [4.78, 5) is 18.2. The smallest absolute Gasteiger partial charge is 0.260 e. The number of rotatable bonds is 2. The third kappa shape index (κ3) is 2.43. The van der Waals surface area contributed by atoms with E-state index in [1.807, 2.05) is 14.0 Å². The van der Waals surface area contributed by atoms with Crippen LogP contribution in [0.4, 0.5) is 5.69 Å². The van der Waals surface area contributed by atoms with Crippen molar-refractivity contribution in [1.29, 1.82) is 0 Å². The summed E-state index contributed by atoms with van der Waals surface area (Å²) in [6.45, 7) is 2.45. The Hall–Kier alpha value is -1.86. The number of fused-ring (bicyclic) bond motifs is 1. The van der Waals surface area contributed by atoms with Crippen molar-refractivity contribution < 1.29 is 9.90 Å². The summed E-state index contributed by atoms with van der Waals surface area (Å²) >= 11 is 1.68. The van der Waals surface area contributed by atoms with E-state index in [4.69, 9.17) is 0 Å². The van der Waals surface area contributed by atoms with Crippen molar-refractivity contribution in [3.8, 4) is 0 Å². The molecule has 1 aliphatic heterocycles. The second-order valence-corrected chi connectivity index (χ2v) is 5.97. The number of hydrogen-bond donors (Lipinski definition) is 1. The van der Waals surface area contributed by atoms with Crippen LogP contribution in [0.3, 0.4) is 0 Å². The molecule has 1 aliphatic rings. The van der Waals surface area contributed by atoms with Crippen LogP contribution >= 0.6 is 11.8 Å². The maximum Gasteiger partial charge on any atom is 0.260 e. The molecule has 0 aromatic carbocycles. The third-order valence-corrected chi connectivity index (χ3v) is 4.58. The third-order valence-electron chi connectivity index (χ3n) is 3.46. The number of thioether (sulfide) groups is 1. The molecule has 1 unspecified atom stereocenters. The van der Waals surface area contributed by atoms with E-state index in [9.17, 15) is 9.90 Å². The van der Waals surface area contributed by atoms with E-state index in [2.05, 4.69) is 10.1 Å². The zero-order chi connectivity index (χ0) is 15.0. The van der Waals surface area contributed by atoms with Gasteiger partial charge in [-0.15, -0.1) is 11.8 Å². The molecule has 0 spiro atoms. The number of aromatic nitrogens is 3. The van der Waals surface area contributed by atoms with Gasteiger partial charge in [-0.2, -0.15) is 5.10 Å². The SMILES string of the molecule is Cc1nn(C)c2c1N(C(=O)C(O)c1cccnc1)CCS2. The molecule has 2 aromatic heterocycles. The molecule has 0 bridgehead atoms. The van der Waals surface area contributed by atoms with E-state index in [-0.39, 0.29) is 5.91 Å². The van der Waals surface area contributed by atoms with Gasteiger partial charge in [0.05, 0.1) is 11.4 Å². The minimum atomic E-state index is -1.20. The molecule has 7 heteroatoms. The predicted octanol–water partition coefficient (Wildman–Crippen LogP) is 1.30. The molecule has 0 radical (unpaired) electrons. The number of nitrogens with zero attached hydrogens (tertiary/aromatic N) is 4. The lowest BCUT2D eigenvalue weighted by molar-refractivity contribution is -0.126. The normalized spacial score (nSPS) is 15.7. The number of pyridine rings is 1. The van der Waals surface area contributed by atoms with E-state index >= 15 is 0 Å². The number of anilines is 1. The highest BCUT2D eigenvalue weighted by Crippen LogP contribution is 2.37. The summed E-state index contributed by atoms with van der Waals surface area (Å²) in [6, 6.07) is 3.41. The van der Waals surface area contributed by atoms with Crippen LogP contribution in [-0.4, -0.2) is 38.1 Å². The standard InChI is InChI=1S/C14H16N4O2S/c1-9-11-14(17(2)16-9)21-7-6-18(11)13(20)12(19)10-4-3-5-15-8-10/h3-5,8,12,19H,6-7H2,1-2H3. The number of aryl methyl sites for hydroxylation is 2. The number of hydrogen-bond acceptors (Lipinski definition) is 5. The van der Waals surface area contributed by atoms with Crippen LogP contribution in [0.25, 0.3) is 0 Å². The van der Waals surface area contributed by atoms with Gasteiger partial charge in [0.2, 0.25) is 0 Å². The fraction of sp³-hybridized carbons (Fsp3) is 0.357.